The van der Waals surface area contributed by atoms with Crippen LogP contribution < -0.4 is 0 Å². The van der Waals surface area contributed by atoms with Crippen molar-refractivity contribution in [2.75, 3.05) is 13.1 Å². The first-order chi connectivity index (χ1) is 13.5. The fourth-order valence-corrected chi connectivity index (χ4v) is 4.72. The fraction of sp³-hybridized carbons (Fsp3) is 0.381. The molecule has 7 heteroatoms. The maximum Gasteiger partial charge on any atom is 0.255 e. The van der Waals surface area contributed by atoms with Crippen molar-refractivity contribution in [3.8, 4) is 10.6 Å². The zero-order valence-electron chi connectivity index (χ0n) is 16.3. The summed E-state index contributed by atoms with van der Waals surface area (Å²) in [7, 11) is 0. The summed E-state index contributed by atoms with van der Waals surface area (Å²) in [6.45, 7) is 7.36. The number of likely N-dealkylation sites (tertiary alicyclic amines) is 1. The molecular weight excluding hydrogens is 370 g/mol. The average Bonchev–Trinajstić information content (AvgIpc) is 3.10. The number of aromatic nitrogens is 4. The molecule has 0 bridgehead atoms. The lowest BCUT2D eigenvalue weighted by molar-refractivity contribution is 0.0712. The number of hydrogen-bond donors (Lipinski definition) is 0. The number of pyridine rings is 1. The normalized spacial score (nSPS) is 15.0. The Morgan fingerprint density at radius 2 is 1.86 bits per heavy atom. The second-order valence-electron chi connectivity index (χ2n) is 7.21. The number of thiazole rings is 1. The first-order valence-electron chi connectivity index (χ1n) is 9.50. The van der Waals surface area contributed by atoms with E-state index in [1.807, 2.05) is 43.9 Å². The van der Waals surface area contributed by atoms with Gasteiger partial charge in [0, 0.05) is 37.1 Å². The minimum atomic E-state index is 0.0680. The van der Waals surface area contributed by atoms with Crippen LogP contribution in [-0.2, 0) is 0 Å². The maximum absolute atomic E-state index is 12.7. The molecule has 0 spiro atoms. The number of rotatable bonds is 3. The van der Waals surface area contributed by atoms with Gasteiger partial charge in [0.15, 0.2) is 0 Å². The molecule has 4 rings (SSSR count). The van der Waals surface area contributed by atoms with Gasteiger partial charge in [-0.15, -0.1) is 11.3 Å². The Morgan fingerprint density at radius 3 is 2.54 bits per heavy atom. The van der Waals surface area contributed by atoms with Crippen LogP contribution in [0, 0.1) is 20.8 Å². The van der Waals surface area contributed by atoms with E-state index < -0.39 is 0 Å². The molecule has 1 saturated heterocycles. The van der Waals surface area contributed by atoms with Crippen LogP contribution in [0.4, 0.5) is 0 Å². The van der Waals surface area contributed by atoms with Crippen LogP contribution in [-0.4, -0.2) is 43.8 Å². The highest BCUT2D eigenvalue weighted by molar-refractivity contribution is 7.15. The number of piperidine rings is 1. The van der Waals surface area contributed by atoms with E-state index in [-0.39, 0.29) is 5.91 Å². The standard InChI is InChI=1S/C21H23N5OS/c1-13-4-5-17(12-23-13)21(27)26-10-7-16(8-11-26)20-24-14(2)19(28-20)18-6-9-22-15(3)25-18/h4-6,9,12,16H,7-8,10-11H2,1-3H3. The summed E-state index contributed by atoms with van der Waals surface area (Å²) in [6.07, 6.45) is 5.32. The van der Waals surface area contributed by atoms with Crippen LogP contribution in [0.5, 0.6) is 0 Å². The molecule has 3 aromatic rings. The third-order valence-electron chi connectivity index (χ3n) is 5.11. The highest BCUT2D eigenvalue weighted by Gasteiger charge is 2.27. The predicted octanol–water partition coefficient (Wildman–Crippen LogP) is 3.94. The number of carbonyl (C=O) groups is 1. The van der Waals surface area contributed by atoms with Gasteiger partial charge in [-0.2, -0.15) is 0 Å². The molecule has 0 N–H and O–H groups in total. The van der Waals surface area contributed by atoms with Gasteiger partial charge in [-0.3, -0.25) is 9.78 Å². The van der Waals surface area contributed by atoms with Crippen LogP contribution >= 0.6 is 11.3 Å². The largest absolute Gasteiger partial charge is 0.339 e. The summed E-state index contributed by atoms with van der Waals surface area (Å²) in [4.78, 5) is 33.5. The van der Waals surface area contributed by atoms with Crippen molar-refractivity contribution in [1.82, 2.24) is 24.8 Å². The molecule has 6 nitrogen and oxygen atoms in total. The zero-order chi connectivity index (χ0) is 19.7. The summed E-state index contributed by atoms with van der Waals surface area (Å²) in [5.74, 6) is 1.23. The molecule has 0 radical (unpaired) electrons. The van der Waals surface area contributed by atoms with E-state index in [0.29, 0.717) is 11.5 Å². The number of aryl methyl sites for hydroxylation is 3. The molecule has 1 aliphatic heterocycles. The quantitative estimate of drug-likeness (QED) is 0.674. The minimum absolute atomic E-state index is 0.0680. The first kappa shape index (κ1) is 18.7. The van der Waals surface area contributed by atoms with Crippen LogP contribution in [0.25, 0.3) is 10.6 Å². The first-order valence-corrected chi connectivity index (χ1v) is 10.3. The molecular formula is C21H23N5OS. The molecule has 0 unspecified atom stereocenters. The van der Waals surface area contributed by atoms with Crippen molar-refractivity contribution < 1.29 is 4.79 Å². The third kappa shape index (κ3) is 3.80. The second kappa shape index (κ2) is 7.75. The lowest BCUT2D eigenvalue weighted by atomic mass is 9.97. The molecule has 0 aliphatic carbocycles. The molecule has 28 heavy (non-hydrogen) atoms. The predicted molar refractivity (Wildman–Crippen MR) is 109 cm³/mol. The molecule has 144 valence electrons. The molecule has 0 aromatic carbocycles. The van der Waals surface area contributed by atoms with Crippen molar-refractivity contribution >= 4 is 17.2 Å². The Hall–Kier alpha value is -2.67. The van der Waals surface area contributed by atoms with E-state index in [2.05, 4.69) is 15.0 Å². The van der Waals surface area contributed by atoms with E-state index >= 15 is 0 Å². The molecule has 1 fully saturated rings. The maximum atomic E-state index is 12.7. The summed E-state index contributed by atoms with van der Waals surface area (Å²) in [5, 5.41) is 1.15. The molecule has 1 amide bonds. The van der Waals surface area contributed by atoms with Gasteiger partial charge in [0.2, 0.25) is 0 Å². The Morgan fingerprint density at radius 1 is 1.07 bits per heavy atom. The van der Waals surface area contributed by atoms with Crippen LogP contribution in [0.3, 0.4) is 0 Å². The molecule has 3 aromatic heterocycles. The summed E-state index contributed by atoms with van der Waals surface area (Å²) in [5.41, 5.74) is 3.54. The highest BCUT2D eigenvalue weighted by atomic mass is 32.1. The van der Waals surface area contributed by atoms with Gasteiger partial charge in [-0.25, -0.2) is 15.0 Å². The van der Waals surface area contributed by atoms with Gasteiger partial charge in [0.05, 0.1) is 26.8 Å². The smallest absolute Gasteiger partial charge is 0.255 e. The van der Waals surface area contributed by atoms with Gasteiger partial charge in [-0.05, 0) is 51.8 Å². The molecule has 0 saturated carbocycles. The van der Waals surface area contributed by atoms with E-state index in [1.54, 1.807) is 23.7 Å². The van der Waals surface area contributed by atoms with Gasteiger partial charge in [-0.1, -0.05) is 0 Å². The third-order valence-corrected chi connectivity index (χ3v) is 6.45. The summed E-state index contributed by atoms with van der Waals surface area (Å²) >= 11 is 1.72. The Labute approximate surface area is 168 Å². The van der Waals surface area contributed by atoms with Crippen LogP contribution in [0.2, 0.25) is 0 Å². The summed E-state index contributed by atoms with van der Waals surface area (Å²) < 4.78 is 0. The van der Waals surface area contributed by atoms with Gasteiger partial charge in [0.1, 0.15) is 5.82 Å². The van der Waals surface area contributed by atoms with E-state index in [0.717, 1.165) is 58.7 Å². The van der Waals surface area contributed by atoms with E-state index in [1.165, 1.54) is 0 Å². The second-order valence-corrected chi connectivity index (χ2v) is 8.24. The lowest BCUT2D eigenvalue weighted by Crippen LogP contribution is -2.38. The number of carbonyl (C=O) groups excluding carboxylic acids is 1. The average molecular weight is 394 g/mol. The minimum Gasteiger partial charge on any atom is -0.339 e. The monoisotopic (exact) mass is 393 g/mol. The van der Waals surface area contributed by atoms with Crippen molar-refractivity contribution in [3.05, 3.63) is 58.4 Å². The van der Waals surface area contributed by atoms with Crippen molar-refractivity contribution in [2.45, 2.75) is 39.5 Å². The van der Waals surface area contributed by atoms with E-state index in [4.69, 9.17) is 4.98 Å². The van der Waals surface area contributed by atoms with Gasteiger partial charge in [0.25, 0.3) is 5.91 Å². The fourth-order valence-electron chi connectivity index (χ4n) is 3.52. The van der Waals surface area contributed by atoms with Gasteiger partial charge >= 0.3 is 0 Å². The van der Waals surface area contributed by atoms with Crippen molar-refractivity contribution in [1.29, 1.82) is 0 Å². The highest BCUT2D eigenvalue weighted by Crippen LogP contribution is 2.36. The summed E-state index contributed by atoms with van der Waals surface area (Å²) in [6, 6.07) is 5.68. The molecule has 1 aliphatic rings. The molecule has 0 atom stereocenters. The van der Waals surface area contributed by atoms with Crippen molar-refractivity contribution in [2.24, 2.45) is 0 Å². The van der Waals surface area contributed by atoms with Gasteiger partial charge < -0.3 is 4.90 Å². The van der Waals surface area contributed by atoms with Crippen molar-refractivity contribution in [3.63, 3.8) is 0 Å². The van der Waals surface area contributed by atoms with Crippen LogP contribution in [0.1, 0.15) is 51.3 Å². The number of amides is 1. The Balaban J connectivity index is 1.45. The van der Waals surface area contributed by atoms with Crippen LogP contribution in [0.15, 0.2) is 30.6 Å². The SMILES string of the molecule is Cc1ccc(C(=O)N2CCC(c3nc(C)c(-c4ccnc(C)n4)s3)CC2)cn1. The topological polar surface area (TPSA) is 71.9 Å². The lowest BCUT2D eigenvalue weighted by Gasteiger charge is -2.31. The zero-order valence-corrected chi connectivity index (χ0v) is 17.2. The Kier molecular flexibility index (Phi) is 5.17. The number of nitrogens with zero attached hydrogens (tertiary/aromatic N) is 5. The van der Waals surface area contributed by atoms with E-state index in [9.17, 15) is 4.79 Å². The molecule has 4 heterocycles. The Bertz CT molecular complexity index is 990. The number of hydrogen-bond acceptors (Lipinski definition) is 6.